The predicted molar refractivity (Wildman–Crippen MR) is 90.6 cm³/mol. The van der Waals surface area contributed by atoms with Crippen LogP contribution in [-0.2, 0) is 13.6 Å². The van der Waals surface area contributed by atoms with E-state index in [1.54, 1.807) is 22.3 Å². The summed E-state index contributed by atoms with van der Waals surface area (Å²) in [5.74, 6) is 0.993. The van der Waals surface area contributed by atoms with Crippen LogP contribution in [0, 0.1) is 6.92 Å². The zero-order chi connectivity index (χ0) is 15.8. The highest BCUT2D eigenvalue weighted by atomic mass is 32.1. The van der Waals surface area contributed by atoms with Gasteiger partial charge >= 0.3 is 0 Å². The average molecular weight is 329 g/mol. The van der Waals surface area contributed by atoms with Gasteiger partial charge < -0.3 is 4.90 Å². The summed E-state index contributed by atoms with van der Waals surface area (Å²) in [6.45, 7) is 6.95. The average Bonchev–Trinajstić information content (AvgIpc) is 3.14. The molecular formula is C15H19N7S. The highest BCUT2D eigenvalue weighted by molar-refractivity contribution is 7.09. The summed E-state index contributed by atoms with van der Waals surface area (Å²) in [5.41, 5.74) is 2.06. The Hall–Kier alpha value is -2.06. The van der Waals surface area contributed by atoms with Gasteiger partial charge in [0, 0.05) is 45.2 Å². The monoisotopic (exact) mass is 329 g/mol. The van der Waals surface area contributed by atoms with Crippen LogP contribution >= 0.6 is 11.3 Å². The standard InChI is InChI=1S/C15H19N7S/c1-11-19-12(9-23-11)8-21-3-5-22(6-4-21)15-13-7-18-20(2)14(13)16-10-17-15/h7,9-10H,3-6,8H2,1-2H3. The van der Waals surface area contributed by atoms with Gasteiger partial charge in [0.15, 0.2) is 5.65 Å². The molecule has 0 aromatic carbocycles. The first kappa shape index (κ1) is 14.5. The Balaban J connectivity index is 1.46. The van der Waals surface area contributed by atoms with E-state index in [9.17, 15) is 0 Å². The lowest BCUT2D eigenvalue weighted by Crippen LogP contribution is -2.46. The van der Waals surface area contributed by atoms with E-state index < -0.39 is 0 Å². The Bertz CT molecular complexity index is 816. The van der Waals surface area contributed by atoms with Gasteiger partial charge in [-0.1, -0.05) is 0 Å². The molecule has 120 valence electrons. The molecule has 0 N–H and O–H groups in total. The van der Waals surface area contributed by atoms with Crippen LogP contribution in [0.25, 0.3) is 11.0 Å². The van der Waals surface area contributed by atoms with E-state index in [1.165, 1.54) is 5.69 Å². The molecule has 0 saturated carbocycles. The Morgan fingerprint density at radius 3 is 2.74 bits per heavy atom. The molecule has 3 aromatic rings. The van der Waals surface area contributed by atoms with Gasteiger partial charge in [0.2, 0.25) is 0 Å². The fourth-order valence-electron chi connectivity index (χ4n) is 3.03. The molecule has 1 saturated heterocycles. The second-order valence-corrected chi connectivity index (χ2v) is 6.89. The molecule has 0 amide bonds. The largest absolute Gasteiger partial charge is 0.353 e. The molecule has 23 heavy (non-hydrogen) atoms. The van der Waals surface area contributed by atoms with Crippen molar-refractivity contribution in [3.63, 3.8) is 0 Å². The van der Waals surface area contributed by atoms with E-state index in [-0.39, 0.29) is 0 Å². The summed E-state index contributed by atoms with van der Waals surface area (Å²) in [5, 5.41) is 8.62. The number of thiazole rings is 1. The van der Waals surface area contributed by atoms with Crippen LogP contribution in [0.5, 0.6) is 0 Å². The third kappa shape index (κ3) is 2.79. The molecule has 4 rings (SSSR count). The van der Waals surface area contributed by atoms with E-state index in [2.05, 4.69) is 42.2 Å². The predicted octanol–water partition coefficient (Wildman–Crippen LogP) is 1.45. The van der Waals surface area contributed by atoms with Crippen LogP contribution in [0.3, 0.4) is 0 Å². The lowest BCUT2D eigenvalue weighted by atomic mass is 10.2. The molecular weight excluding hydrogens is 310 g/mol. The fourth-order valence-corrected chi connectivity index (χ4v) is 3.63. The topological polar surface area (TPSA) is 63.0 Å². The molecule has 8 heteroatoms. The normalized spacial score (nSPS) is 16.3. The van der Waals surface area contributed by atoms with Crippen LogP contribution in [0.1, 0.15) is 10.7 Å². The van der Waals surface area contributed by atoms with Gasteiger partial charge in [-0.05, 0) is 6.92 Å². The number of aryl methyl sites for hydroxylation is 2. The van der Waals surface area contributed by atoms with Crippen LogP contribution < -0.4 is 4.90 Å². The molecule has 0 unspecified atom stereocenters. The Morgan fingerprint density at radius 2 is 2.00 bits per heavy atom. The van der Waals surface area contributed by atoms with Crippen LogP contribution in [-0.4, -0.2) is 55.8 Å². The third-order valence-electron chi connectivity index (χ3n) is 4.23. The quantitative estimate of drug-likeness (QED) is 0.725. The Morgan fingerprint density at radius 1 is 1.17 bits per heavy atom. The molecule has 0 radical (unpaired) electrons. The zero-order valence-electron chi connectivity index (χ0n) is 13.3. The minimum atomic E-state index is 0.885. The Labute approximate surface area is 138 Å². The Kier molecular flexibility index (Phi) is 3.70. The summed E-state index contributed by atoms with van der Waals surface area (Å²) >= 11 is 1.72. The van der Waals surface area contributed by atoms with Crippen molar-refractivity contribution in [2.45, 2.75) is 13.5 Å². The van der Waals surface area contributed by atoms with Crippen molar-refractivity contribution in [1.29, 1.82) is 0 Å². The smallest absolute Gasteiger partial charge is 0.163 e. The maximum absolute atomic E-state index is 4.56. The third-order valence-corrected chi connectivity index (χ3v) is 5.05. The van der Waals surface area contributed by atoms with E-state index in [1.807, 2.05) is 13.2 Å². The highest BCUT2D eigenvalue weighted by Gasteiger charge is 2.21. The summed E-state index contributed by atoms with van der Waals surface area (Å²) in [6, 6.07) is 0. The summed E-state index contributed by atoms with van der Waals surface area (Å²) in [7, 11) is 1.91. The molecule has 3 aromatic heterocycles. The van der Waals surface area contributed by atoms with Crippen LogP contribution in [0.2, 0.25) is 0 Å². The van der Waals surface area contributed by atoms with Crippen molar-refractivity contribution in [3.8, 4) is 0 Å². The minimum Gasteiger partial charge on any atom is -0.353 e. The van der Waals surface area contributed by atoms with Gasteiger partial charge in [0.05, 0.1) is 22.3 Å². The van der Waals surface area contributed by atoms with Crippen LogP contribution in [0.4, 0.5) is 5.82 Å². The summed E-state index contributed by atoms with van der Waals surface area (Å²) in [6.07, 6.45) is 3.48. The number of anilines is 1. The van der Waals surface area contributed by atoms with Crippen molar-refractivity contribution >= 4 is 28.2 Å². The van der Waals surface area contributed by atoms with Crippen molar-refractivity contribution in [2.75, 3.05) is 31.1 Å². The number of fused-ring (bicyclic) bond motifs is 1. The summed E-state index contributed by atoms with van der Waals surface area (Å²) in [4.78, 5) is 18.1. The van der Waals surface area contributed by atoms with E-state index in [0.717, 1.165) is 54.6 Å². The number of nitrogens with zero attached hydrogens (tertiary/aromatic N) is 7. The molecule has 4 heterocycles. The minimum absolute atomic E-state index is 0.885. The molecule has 1 fully saturated rings. The zero-order valence-corrected chi connectivity index (χ0v) is 14.1. The SMILES string of the molecule is Cc1nc(CN2CCN(c3ncnc4c3cnn4C)CC2)cs1. The summed E-state index contributed by atoms with van der Waals surface area (Å²) < 4.78 is 1.79. The second-order valence-electron chi connectivity index (χ2n) is 5.82. The molecule has 0 bridgehead atoms. The molecule has 1 aliphatic heterocycles. The van der Waals surface area contributed by atoms with Crippen LogP contribution in [0.15, 0.2) is 17.9 Å². The van der Waals surface area contributed by atoms with Crippen molar-refractivity contribution in [1.82, 2.24) is 29.6 Å². The maximum atomic E-state index is 4.56. The molecule has 7 nitrogen and oxygen atoms in total. The molecule has 0 aliphatic carbocycles. The molecule has 1 aliphatic rings. The van der Waals surface area contributed by atoms with E-state index in [4.69, 9.17) is 0 Å². The van der Waals surface area contributed by atoms with Crippen molar-refractivity contribution in [2.24, 2.45) is 7.05 Å². The lowest BCUT2D eigenvalue weighted by Gasteiger charge is -2.35. The number of hydrogen-bond acceptors (Lipinski definition) is 7. The number of rotatable bonds is 3. The van der Waals surface area contributed by atoms with Gasteiger partial charge in [0.1, 0.15) is 12.1 Å². The lowest BCUT2D eigenvalue weighted by molar-refractivity contribution is 0.247. The highest BCUT2D eigenvalue weighted by Crippen LogP contribution is 2.23. The molecule has 0 atom stereocenters. The van der Waals surface area contributed by atoms with Gasteiger partial charge in [-0.25, -0.2) is 15.0 Å². The molecule has 0 spiro atoms. The van der Waals surface area contributed by atoms with E-state index in [0.29, 0.717) is 0 Å². The fraction of sp³-hybridized carbons (Fsp3) is 0.467. The maximum Gasteiger partial charge on any atom is 0.163 e. The first-order valence-corrected chi connectivity index (χ1v) is 8.59. The van der Waals surface area contributed by atoms with E-state index >= 15 is 0 Å². The van der Waals surface area contributed by atoms with Gasteiger partial charge in [0.25, 0.3) is 0 Å². The van der Waals surface area contributed by atoms with Gasteiger partial charge in [-0.3, -0.25) is 9.58 Å². The van der Waals surface area contributed by atoms with Crippen molar-refractivity contribution in [3.05, 3.63) is 28.6 Å². The van der Waals surface area contributed by atoms with Gasteiger partial charge in [-0.2, -0.15) is 5.10 Å². The number of piperazine rings is 1. The van der Waals surface area contributed by atoms with Crippen molar-refractivity contribution < 1.29 is 0 Å². The number of hydrogen-bond donors (Lipinski definition) is 0. The second kappa shape index (κ2) is 5.86. The first-order chi connectivity index (χ1) is 11.2. The first-order valence-electron chi connectivity index (χ1n) is 7.72. The van der Waals surface area contributed by atoms with Gasteiger partial charge in [-0.15, -0.1) is 11.3 Å². The number of aromatic nitrogens is 5.